The molecular formula is C11H15NO2S. The van der Waals surface area contributed by atoms with Crippen molar-refractivity contribution in [3.05, 3.63) is 21.9 Å². The van der Waals surface area contributed by atoms with Gasteiger partial charge >= 0.3 is 0 Å². The molecule has 1 aliphatic rings. The SMILES string of the molecule is Cc1ccsc1CN1OCC(C)(C)C1=O. The number of hydrogen-bond acceptors (Lipinski definition) is 3. The van der Waals surface area contributed by atoms with Crippen LogP contribution in [0, 0.1) is 12.3 Å². The zero-order chi connectivity index (χ0) is 11.1. The predicted molar refractivity (Wildman–Crippen MR) is 59.3 cm³/mol. The molecule has 82 valence electrons. The first-order valence-electron chi connectivity index (χ1n) is 4.98. The predicted octanol–water partition coefficient (Wildman–Crippen LogP) is 2.36. The average Bonchev–Trinajstić information content (AvgIpc) is 2.66. The molecular weight excluding hydrogens is 210 g/mol. The first-order chi connectivity index (χ1) is 7.00. The van der Waals surface area contributed by atoms with Gasteiger partial charge in [-0.05, 0) is 37.8 Å². The maximum Gasteiger partial charge on any atom is 0.254 e. The minimum absolute atomic E-state index is 0.0790. The Labute approximate surface area is 93.6 Å². The second-order valence-electron chi connectivity index (χ2n) is 4.53. The summed E-state index contributed by atoms with van der Waals surface area (Å²) in [5.41, 5.74) is 0.853. The highest BCUT2D eigenvalue weighted by Crippen LogP contribution is 2.29. The highest BCUT2D eigenvalue weighted by Gasteiger charge is 2.40. The van der Waals surface area contributed by atoms with Gasteiger partial charge < -0.3 is 0 Å². The van der Waals surface area contributed by atoms with Crippen LogP contribution in [-0.2, 0) is 16.2 Å². The van der Waals surface area contributed by atoms with Crippen LogP contribution in [0.5, 0.6) is 0 Å². The van der Waals surface area contributed by atoms with Crippen molar-refractivity contribution >= 4 is 17.2 Å². The number of rotatable bonds is 2. The molecule has 2 rings (SSSR count). The second-order valence-corrected chi connectivity index (χ2v) is 5.53. The summed E-state index contributed by atoms with van der Waals surface area (Å²) in [6, 6.07) is 2.06. The van der Waals surface area contributed by atoms with Gasteiger partial charge in [0, 0.05) is 4.88 Å². The Morgan fingerprint density at radius 3 is 2.80 bits per heavy atom. The molecule has 1 aliphatic heterocycles. The average molecular weight is 225 g/mol. The summed E-state index contributed by atoms with van der Waals surface area (Å²) in [6.07, 6.45) is 0. The van der Waals surface area contributed by atoms with Crippen LogP contribution in [0.15, 0.2) is 11.4 Å². The topological polar surface area (TPSA) is 29.5 Å². The van der Waals surface area contributed by atoms with Gasteiger partial charge in [-0.25, -0.2) is 5.06 Å². The Morgan fingerprint density at radius 1 is 1.60 bits per heavy atom. The summed E-state index contributed by atoms with van der Waals surface area (Å²) in [7, 11) is 0. The number of hydroxylamine groups is 2. The Morgan fingerprint density at radius 2 is 2.33 bits per heavy atom. The monoisotopic (exact) mass is 225 g/mol. The van der Waals surface area contributed by atoms with E-state index in [0.717, 1.165) is 0 Å². The van der Waals surface area contributed by atoms with Crippen LogP contribution in [0.2, 0.25) is 0 Å². The molecule has 0 unspecified atom stereocenters. The molecule has 3 nitrogen and oxygen atoms in total. The normalized spacial score (nSPS) is 19.9. The van der Waals surface area contributed by atoms with Crippen LogP contribution in [-0.4, -0.2) is 17.6 Å². The molecule has 0 N–H and O–H groups in total. The van der Waals surface area contributed by atoms with E-state index in [4.69, 9.17) is 4.84 Å². The standard InChI is InChI=1S/C11H15NO2S/c1-8-4-5-15-9(8)6-12-10(13)11(2,3)7-14-12/h4-5H,6-7H2,1-3H3. The Hall–Kier alpha value is -0.870. The quantitative estimate of drug-likeness (QED) is 0.773. The van der Waals surface area contributed by atoms with E-state index in [-0.39, 0.29) is 11.3 Å². The van der Waals surface area contributed by atoms with Crippen LogP contribution in [0.3, 0.4) is 0 Å². The van der Waals surface area contributed by atoms with Crippen LogP contribution in [0.25, 0.3) is 0 Å². The van der Waals surface area contributed by atoms with Crippen molar-refractivity contribution in [2.45, 2.75) is 27.3 Å². The zero-order valence-corrected chi connectivity index (χ0v) is 10.1. The maximum atomic E-state index is 11.9. The van der Waals surface area contributed by atoms with Gasteiger partial charge in [0.25, 0.3) is 5.91 Å². The van der Waals surface area contributed by atoms with E-state index in [1.807, 2.05) is 19.2 Å². The van der Waals surface area contributed by atoms with Gasteiger partial charge in [0.2, 0.25) is 0 Å². The van der Waals surface area contributed by atoms with Crippen molar-refractivity contribution in [3.63, 3.8) is 0 Å². The summed E-state index contributed by atoms with van der Waals surface area (Å²) in [5, 5.41) is 3.52. The molecule has 1 saturated heterocycles. The minimum atomic E-state index is -0.370. The van der Waals surface area contributed by atoms with Crippen LogP contribution >= 0.6 is 11.3 Å². The lowest BCUT2D eigenvalue weighted by Gasteiger charge is -2.15. The molecule has 1 aromatic rings. The van der Waals surface area contributed by atoms with Crippen molar-refractivity contribution in [1.29, 1.82) is 0 Å². The van der Waals surface area contributed by atoms with Crippen LogP contribution in [0.4, 0.5) is 0 Å². The molecule has 1 fully saturated rings. The number of carbonyl (C=O) groups is 1. The number of aryl methyl sites for hydroxylation is 1. The van der Waals surface area contributed by atoms with Gasteiger partial charge in [0.1, 0.15) is 0 Å². The third-order valence-corrected chi connectivity index (χ3v) is 3.65. The number of thiophene rings is 1. The maximum absolute atomic E-state index is 11.9. The lowest BCUT2D eigenvalue weighted by Crippen LogP contribution is -2.30. The summed E-state index contributed by atoms with van der Waals surface area (Å²) >= 11 is 1.66. The third-order valence-electron chi connectivity index (χ3n) is 2.64. The molecule has 15 heavy (non-hydrogen) atoms. The highest BCUT2D eigenvalue weighted by atomic mass is 32.1. The first-order valence-corrected chi connectivity index (χ1v) is 5.86. The van der Waals surface area contributed by atoms with E-state index in [1.165, 1.54) is 15.5 Å². The van der Waals surface area contributed by atoms with Gasteiger partial charge in [-0.1, -0.05) is 0 Å². The zero-order valence-electron chi connectivity index (χ0n) is 9.24. The summed E-state index contributed by atoms with van der Waals surface area (Å²) in [4.78, 5) is 18.5. The Balaban J connectivity index is 2.09. The second kappa shape index (κ2) is 3.61. The van der Waals surface area contributed by atoms with Crippen molar-refractivity contribution in [2.24, 2.45) is 5.41 Å². The number of amides is 1. The van der Waals surface area contributed by atoms with E-state index in [9.17, 15) is 4.79 Å². The molecule has 0 aromatic carbocycles. The molecule has 1 aromatic heterocycles. The fourth-order valence-corrected chi connectivity index (χ4v) is 2.39. The molecule has 0 radical (unpaired) electrons. The van der Waals surface area contributed by atoms with Crippen LogP contribution in [0.1, 0.15) is 24.3 Å². The van der Waals surface area contributed by atoms with Crippen molar-refractivity contribution in [3.8, 4) is 0 Å². The van der Waals surface area contributed by atoms with Gasteiger partial charge in [0.15, 0.2) is 0 Å². The molecule has 1 amide bonds. The minimum Gasteiger partial charge on any atom is -0.272 e. The largest absolute Gasteiger partial charge is 0.272 e. The van der Waals surface area contributed by atoms with Crippen molar-refractivity contribution in [1.82, 2.24) is 5.06 Å². The van der Waals surface area contributed by atoms with E-state index in [0.29, 0.717) is 13.2 Å². The fourth-order valence-electron chi connectivity index (χ4n) is 1.51. The number of carbonyl (C=O) groups excluding carboxylic acids is 1. The molecule has 0 atom stereocenters. The highest BCUT2D eigenvalue weighted by molar-refractivity contribution is 7.10. The first kappa shape index (κ1) is 10.6. The van der Waals surface area contributed by atoms with E-state index < -0.39 is 0 Å². The van der Waals surface area contributed by atoms with Gasteiger partial charge in [-0.3, -0.25) is 9.63 Å². The van der Waals surface area contributed by atoms with Crippen molar-refractivity contribution < 1.29 is 9.63 Å². The van der Waals surface area contributed by atoms with Gasteiger partial charge in [-0.15, -0.1) is 11.3 Å². The van der Waals surface area contributed by atoms with E-state index in [2.05, 4.69) is 13.0 Å². The lowest BCUT2D eigenvalue weighted by atomic mass is 9.95. The molecule has 2 heterocycles. The Bertz CT molecular complexity index is 384. The number of hydrogen-bond donors (Lipinski definition) is 0. The third kappa shape index (κ3) is 1.92. The molecule has 4 heteroatoms. The Kier molecular flexibility index (Phi) is 2.56. The molecule has 0 bridgehead atoms. The summed E-state index contributed by atoms with van der Waals surface area (Å²) < 4.78 is 0. The lowest BCUT2D eigenvalue weighted by molar-refractivity contribution is -0.164. The molecule has 0 aliphatic carbocycles. The van der Waals surface area contributed by atoms with E-state index >= 15 is 0 Å². The number of nitrogens with zero attached hydrogens (tertiary/aromatic N) is 1. The summed E-state index contributed by atoms with van der Waals surface area (Å²) in [5.74, 6) is 0.0790. The van der Waals surface area contributed by atoms with Gasteiger partial charge in [-0.2, -0.15) is 0 Å². The van der Waals surface area contributed by atoms with Crippen molar-refractivity contribution in [2.75, 3.05) is 6.61 Å². The van der Waals surface area contributed by atoms with E-state index in [1.54, 1.807) is 11.3 Å². The van der Waals surface area contributed by atoms with Gasteiger partial charge in [0.05, 0.1) is 18.6 Å². The smallest absolute Gasteiger partial charge is 0.254 e. The molecule has 0 spiro atoms. The molecule has 0 saturated carbocycles. The fraction of sp³-hybridized carbons (Fsp3) is 0.545. The van der Waals surface area contributed by atoms with Crippen LogP contribution < -0.4 is 0 Å². The summed E-state index contributed by atoms with van der Waals surface area (Å²) in [6.45, 7) is 6.94.